The third-order valence-electron chi connectivity index (χ3n) is 3.34. The molecule has 0 saturated carbocycles. The average molecular weight is 230 g/mol. The van der Waals surface area contributed by atoms with Crippen LogP contribution in [0, 0.1) is 5.92 Å². The lowest BCUT2D eigenvalue weighted by Crippen LogP contribution is -2.49. The molecule has 0 fully saturated rings. The van der Waals surface area contributed by atoms with E-state index in [9.17, 15) is 4.79 Å². The number of aliphatic carboxylic acids is 1. The summed E-state index contributed by atoms with van der Waals surface area (Å²) < 4.78 is 0. The van der Waals surface area contributed by atoms with Crippen molar-refractivity contribution < 1.29 is 9.90 Å². The average Bonchev–Trinajstić information content (AvgIpc) is 2.25. The molecule has 0 rings (SSSR count). The lowest BCUT2D eigenvalue weighted by Gasteiger charge is -2.28. The number of hydrogen-bond acceptors (Lipinski definition) is 3. The number of likely N-dealkylation sites (N-methyl/N-ethyl adjacent to an activating group) is 1. The van der Waals surface area contributed by atoms with Gasteiger partial charge >= 0.3 is 5.97 Å². The fourth-order valence-electron chi connectivity index (χ4n) is 1.51. The van der Waals surface area contributed by atoms with Gasteiger partial charge in [0.15, 0.2) is 0 Å². The van der Waals surface area contributed by atoms with Crippen LogP contribution >= 0.6 is 0 Å². The van der Waals surface area contributed by atoms with E-state index in [4.69, 9.17) is 5.11 Å². The van der Waals surface area contributed by atoms with E-state index in [1.165, 1.54) is 0 Å². The molecule has 0 aromatic heterocycles. The Morgan fingerprint density at radius 3 is 2.50 bits per heavy atom. The molecule has 0 aliphatic rings. The van der Waals surface area contributed by atoms with Crippen molar-refractivity contribution in [1.29, 1.82) is 0 Å². The lowest BCUT2D eigenvalue weighted by atomic mass is 9.98. The summed E-state index contributed by atoms with van der Waals surface area (Å²) in [7, 11) is 3.74. The quantitative estimate of drug-likeness (QED) is 0.662. The van der Waals surface area contributed by atoms with Crippen molar-refractivity contribution in [2.24, 2.45) is 5.92 Å². The van der Waals surface area contributed by atoms with E-state index in [1.54, 1.807) is 14.0 Å². The number of nitrogens with zero attached hydrogens (tertiary/aromatic N) is 1. The minimum absolute atomic E-state index is 0.617. The minimum atomic E-state index is -0.816. The lowest BCUT2D eigenvalue weighted by molar-refractivity contribution is -0.144. The van der Waals surface area contributed by atoms with Gasteiger partial charge in [0.25, 0.3) is 0 Å². The highest BCUT2D eigenvalue weighted by Gasteiger charge is 2.30. The van der Waals surface area contributed by atoms with E-state index in [-0.39, 0.29) is 0 Å². The largest absolute Gasteiger partial charge is 0.480 e. The molecule has 0 amide bonds. The molecule has 2 atom stereocenters. The first kappa shape index (κ1) is 15.4. The Morgan fingerprint density at radius 1 is 1.56 bits per heavy atom. The van der Waals surface area contributed by atoms with Crippen LogP contribution in [0.25, 0.3) is 0 Å². The van der Waals surface area contributed by atoms with Crippen LogP contribution < -0.4 is 5.32 Å². The molecule has 0 saturated heterocycles. The molecule has 2 N–H and O–H groups in total. The number of carboxylic acid groups (broad SMARTS) is 1. The first-order valence-corrected chi connectivity index (χ1v) is 5.96. The van der Waals surface area contributed by atoms with Gasteiger partial charge in [-0.2, -0.15) is 0 Å². The molecule has 0 aliphatic heterocycles. The van der Waals surface area contributed by atoms with Crippen molar-refractivity contribution in [3.63, 3.8) is 0 Å². The number of nitrogens with one attached hydrogen (secondary N) is 1. The van der Waals surface area contributed by atoms with Crippen LogP contribution in [-0.2, 0) is 4.79 Å². The van der Waals surface area contributed by atoms with E-state index in [1.807, 2.05) is 7.05 Å². The zero-order valence-corrected chi connectivity index (χ0v) is 11.2. The fraction of sp³-hybridized carbons (Fsp3) is 0.917. The van der Waals surface area contributed by atoms with Gasteiger partial charge in [-0.25, -0.2) is 0 Å². The van der Waals surface area contributed by atoms with Gasteiger partial charge in [0.1, 0.15) is 5.54 Å². The second-order valence-electron chi connectivity index (χ2n) is 4.91. The minimum Gasteiger partial charge on any atom is -0.480 e. The van der Waals surface area contributed by atoms with Crippen LogP contribution in [0.4, 0.5) is 0 Å². The van der Waals surface area contributed by atoms with Gasteiger partial charge < -0.3 is 15.3 Å². The number of rotatable bonds is 8. The Bertz CT molecular complexity index is 221. The highest BCUT2D eigenvalue weighted by atomic mass is 16.4. The smallest absolute Gasteiger partial charge is 0.323 e. The molecular formula is C12H26N2O2. The Balaban J connectivity index is 4.07. The van der Waals surface area contributed by atoms with E-state index in [2.05, 4.69) is 24.1 Å². The molecule has 2 unspecified atom stereocenters. The van der Waals surface area contributed by atoms with E-state index in [0.29, 0.717) is 12.3 Å². The zero-order valence-electron chi connectivity index (χ0n) is 11.2. The van der Waals surface area contributed by atoms with Crippen molar-refractivity contribution in [3.05, 3.63) is 0 Å². The molecule has 0 radical (unpaired) electrons. The van der Waals surface area contributed by atoms with Crippen LogP contribution in [0.15, 0.2) is 0 Å². The third-order valence-corrected chi connectivity index (χ3v) is 3.34. The standard InChI is InChI=1S/C12H26N2O2/c1-6-10(2)9-14(5)8-7-12(3,13-4)11(15)16/h10,13H,6-9H2,1-5H3,(H,15,16). The molecule has 4 nitrogen and oxygen atoms in total. The normalized spacial score (nSPS) is 17.1. The molecule has 96 valence electrons. The van der Waals surface area contributed by atoms with Crippen molar-refractivity contribution >= 4 is 5.97 Å². The molecule has 0 aromatic carbocycles. The summed E-state index contributed by atoms with van der Waals surface area (Å²) in [5, 5.41) is 12.0. The first-order valence-electron chi connectivity index (χ1n) is 5.96. The number of hydrogen-bond donors (Lipinski definition) is 2. The molecular weight excluding hydrogens is 204 g/mol. The van der Waals surface area contributed by atoms with Crippen molar-refractivity contribution in [2.75, 3.05) is 27.2 Å². The predicted octanol–water partition coefficient (Wildman–Crippen LogP) is 1.42. The van der Waals surface area contributed by atoms with Crippen LogP contribution in [0.5, 0.6) is 0 Å². The van der Waals surface area contributed by atoms with E-state index >= 15 is 0 Å². The highest BCUT2D eigenvalue weighted by Crippen LogP contribution is 2.11. The van der Waals surface area contributed by atoms with Gasteiger partial charge in [0.2, 0.25) is 0 Å². The topological polar surface area (TPSA) is 52.6 Å². The van der Waals surface area contributed by atoms with Crippen molar-refractivity contribution in [2.45, 2.75) is 39.2 Å². The molecule has 0 aliphatic carbocycles. The van der Waals surface area contributed by atoms with Gasteiger partial charge in [-0.15, -0.1) is 0 Å². The summed E-state index contributed by atoms with van der Waals surface area (Å²) in [5.74, 6) is -0.123. The van der Waals surface area contributed by atoms with Crippen molar-refractivity contribution in [1.82, 2.24) is 10.2 Å². The Kier molecular flexibility index (Phi) is 6.60. The fourth-order valence-corrected chi connectivity index (χ4v) is 1.51. The summed E-state index contributed by atoms with van der Waals surface area (Å²) >= 11 is 0. The van der Waals surface area contributed by atoms with Crippen LogP contribution in [-0.4, -0.2) is 48.7 Å². The molecule has 0 spiro atoms. The second kappa shape index (κ2) is 6.86. The van der Waals surface area contributed by atoms with Gasteiger partial charge in [0, 0.05) is 13.1 Å². The van der Waals surface area contributed by atoms with Gasteiger partial charge in [0.05, 0.1) is 0 Å². The van der Waals surface area contributed by atoms with Crippen LogP contribution in [0.2, 0.25) is 0 Å². The summed E-state index contributed by atoms with van der Waals surface area (Å²) in [6, 6.07) is 0. The summed E-state index contributed by atoms with van der Waals surface area (Å²) in [6.45, 7) is 7.94. The van der Waals surface area contributed by atoms with Gasteiger partial charge in [-0.1, -0.05) is 20.3 Å². The maximum Gasteiger partial charge on any atom is 0.323 e. The molecule has 0 bridgehead atoms. The maximum absolute atomic E-state index is 11.1. The van der Waals surface area contributed by atoms with Gasteiger partial charge in [-0.05, 0) is 33.4 Å². The maximum atomic E-state index is 11.1. The third kappa shape index (κ3) is 4.94. The predicted molar refractivity (Wildman–Crippen MR) is 66.7 cm³/mol. The second-order valence-corrected chi connectivity index (χ2v) is 4.91. The Morgan fingerprint density at radius 2 is 2.12 bits per heavy atom. The number of carboxylic acids is 1. The monoisotopic (exact) mass is 230 g/mol. The van der Waals surface area contributed by atoms with Gasteiger partial charge in [-0.3, -0.25) is 4.79 Å². The van der Waals surface area contributed by atoms with E-state index < -0.39 is 11.5 Å². The molecule has 0 aromatic rings. The van der Waals surface area contributed by atoms with Crippen LogP contribution in [0.1, 0.15) is 33.6 Å². The first-order chi connectivity index (χ1) is 7.35. The summed E-state index contributed by atoms with van der Waals surface area (Å²) in [4.78, 5) is 13.3. The summed E-state index contributed by atoms with van der Waals surface area (Å²) in [5.41, 5.74) is -0.816. The molecule has 16 heavy (non-hydrogen) atoms. The van der Waals surface area contributed by atoms with Crippen LogP contribution in [0.3, 0.4) is 0 Å². The zero-order chi connectivity index (χ0) is 12.8. The number of carbonyl (C=O) groups is 1. The van der Waals surface area contributed by atoms with Crippen molar-refractivity contribution in [3.8, 4) is 0 Å². The SMILES string of the molecule is CCC(C)CN(C)CCC(C)(NC)C(=O)O. The molecule has 4 heteroatoms. The highest BCUT2D eigenvalue weighted by molar-refractivity contribution is 5.78. The van der Waals surface area contributed by atoms with E-state index in [0.717, 1.165) is 19.5 Å². The Labute approximate surface area is 99.0 Å². The Hall–Kier alpha value is -0.610. The molecule has 0 heterocycles. The summed E-state index contributed by atoms with van der Waals surface area (Å²) in [6.07, 6.45) is 1.78.